The van der Waals surface area contributed by atoms with Gasteiger partial charge < -0.3 is 9.63 Å². The molecular weight excluding hydrogens is 195 g/mol. The van der Waals surface area contributed by atoms with Gasteiger partial charge in [0.15, 0.2) is 0 Å². The summed E-state index contributed by atoms with van der Waals surface area (Å²) in [6.07, 6.45) is 1.68. The second kappa shape index (κ2) is 6.13. The second-order valence-electron chi connectivity index (χ2n) is 3.32. The van der Waals surface area contributed by atoms with Crippen LogP contribution in [0.25, 0.3) is 0 Å². The van der Waals surface area contributed by atoms with Gasteiger partial charge in [0.1, 0.15) is 0 Å². The number of aliphatic hydroxyl groups is 1. The van der Waals surface area contributed by atoms with E-state index in [0.29, 0.717) is 0 Å². The van der Waals surface area contributed by atoms with E-state index in [9.17, 15) is 0 Å². The standard InChI is InChI=1S/C11H17O2P/c1-2-9-4-3-5-10(6-9)7-11(8-12)13-14/h3-6,11-12H,2,7-8,14H2,1H3/t11-/m0/s1. The lowest BCUT2D eigenvalue weighted by molar-refractivity contribution is 0.135. The van der Waals surface area contributed by atoms with Crippen LogP contribution >= 0.6 is 9.47 Å². The first kappa shape index (κ1) is 11.6. The molecule has 0 saturated carbocycles. The van der Waals surface area contributed by atoms with E-state index in [0.717, 1.165) is 12.8 Å². The van der Waals surface area contributed by atoms with Gasteiger partial charge in [0.05, 0.1) is 12.7 Å². The predicted molar refractivity (Wildman–Crippen MR) is 61.2 cm³/mol. The highest BCUT2D eigenvalue weighted by molar-refractivity contribution is 7.09. The summed E-state index contributed by atoms with van der Waals surface area (Å²) >= 11 is 0. The van der Waals surface area contributed by atoms with Crippen molar-refractivity contribution in [1.82, 2.24) is 0 Å². The number of hydrogen-bond acceptors (Lipinski definition) is 2. The average molecular weight is 212 g/mol. The minimum atomic E-state index is -0.118. The minimum absolute atomic E-state index is 0.0554. The third-order valence-corrected chi connectivity index (χ3v) is 2.64. The zero-order valence-electron chi connectivity index (χ0n) is 8.44. The third kappa shape index (κ3) is 3.38. The molecule has 1 N–H and O–H groups in total. The first-order valence-corrected chi connectivity index (χ1v) is 5.31. The molecule has 14 heavy (non-hydrogen) atoms. The molecular formula is C11H17O2P. The van der Waals surface area contributed by atoms with E-state index in [1.54, 1.807) is 0 Å². The summed E-state index contributed by atoms with van der Waals surface area (Å²) in [5.74, 6) is 0. The van der Waals surface area contributed by atoms with Gasteiger partial charge in [-0.1, -0.05) is 31.2 Å². The molecule has 0 aromatic heterocycles. The number of benzene rings is 1. The Labute approximate surface area is 87.6 Å². The van der Waals surface area contributed by atoms with Crippen molar-refractivity contribution in [3.05, 3.63) is 35.4 Å². The topological polar surface area (TPSA) is 29.5 Å². The van der Waals surface area contributed by atoms with Gasteiger partial charge in [0.2, 0.25) is 0 Å². The fourth-order valence-electron chi connectivity index (χ4n) is 1.40. The molecule has 0 aliphatic carbocycles. The smallest absolute Gasteiger partial charge is 0.0881 e. The normalized spacial score (nSPS) is 12.8. The van der Waals surface area contributed by atoms with Crippen molar-refractivity contribution >= 4 is 9.47 Å². The maximum atomic E-state index is 8.98. The van der Waals surface area contributed by atoms with Crippen LogP contribution in [0.15, 0.2) is 24.3 Å². The Hall–Kier alpha value is -0.430. The Morgan fingerprint density at radius 1 is 1.43 bits per heavy atom. The van der Waals surface area contributed by atoms with E-state index in [-0.39, 0.29) is 12.7 Å². The van der Waals surface area contributed by atoms with Crippen LogP contribution in [-0.2, 0) is 17.4 Å². The molecule has 2 atom stereocenters. The van der Waals surface area contributed by atoms with E-state index in [2.05, 4.69) is 34.6 Å². The summed E-state index contributed by atoms with van der Waals surface area (Å²) in [6, 6.07) is 8.38. The lowest BCUT2D eigenvalue weighted by Crippen LogP contribution is -2.16. The molecule has 1 aromatic carbocycles. The van der Waals surface area contributed by atoms with Crippen molar-refractivity contribution in [2.45, 2.75) is 25.9 Å². The van der Waals surface area contributed by atoms with Gasteiger partial charge in [-0.15, -0.1) is 0 Å². The molecule has 0 radical (unpaired) electrons. The quantitative estimate of drug-likeness (QED) is 0.756. The summed E-state index contributed by atoms with van der Waals surface area (Å²) in [6.45, 7) is 2.19. The lowest BCUT2D eigenvalue weighted by atomic mass is 10.0. The van der Waals surface area contributed by atoms with Crippen LogP contribution in [-0.4, -0.2) is 17.8 Å². The lowest BCUT2D eigenvalue weighted by Gasteiger charge is -2.12. The molecule has 0 fully saturated rings. The zero-order chi connectivity index (χ0) is 10.4. The maximum Gasteiger partial charge on any atom is 0.0881 e. The molecule has 0 bridgehead atoms. The molecule has 78 valence electrons. The van der Waals surface area contributed by atoms with Crippen LogP contribution in [0.5, 0.6) is 0 Å². The maximum absolute atomic E-state index is 8.98. The Kier molecular flexibility index (Phi) is 5.10. The number of aliphatic hydroxyl groups excluding tert-OH is 1. The molecule has 1 aromatic rings. The first-order chi connectivity index (χ1) is 6.80. The molecule has 2 nitrogen and oxygen atoms in total. The molecule has 3 heteroatoms. The molecule has 0 amide bonds. The molecule has 1 unspecified atom stereocenters. The fraction of sp³-hybridized carbons (Fsp3) is 0.455. The molecule has 0 aliphatic rings. The molecule has 1 rings (SSSR count). The monoisotopic (exact) mass is 212 g/mol. The second-order valence-corrected chi connectivity index (χ2v) is 3.59. The Morgan fingerprint density at radius 2 is 2.14 bits per heavy atom. The highest BCUT2D eigenvalue weighted by Gasteiger charge is 2.06. The predicted octanol–water partition coefficient (Wildman–Crippen LogP) is 1.96. The van der Waals surface area contributed by atoms with Gasteiger partial charge in [-0.2, -0.15) is 0 Å². The van der Waals surface area contributed by atoms with Crippen LogP contribution in [0.4, 0.5) is 0 Å². The largest absolute Gasteiger partial charge is 0.394 e. The van der Waals surface area contributed by atoms with Gasteiger partial charge in [-0.05, 0) is 17.5 Å². The van der Waals surface area contributed by atoms with E-state index >= 15 is 0 Å². The zero-order valence-corrected chi connectivity index (χ0v) is 9.60. The van der Waals surface area contributed by atoms with E-state index in [4.69, 9.17) is 9.63 Å². The number of rotatable bonds is 5. The van der Waals surface area contributed by atoms with Gasteiger partial charge in [0, 0.05) is 15.9 Å². The summed E-state index contributed by atoms with van der Waals surface area (Å²) in [5.41, 5.74) is 2.54. The van der Waals surface area contributed by atoms with Crippen LogP contribution < -0.4 is 0 Å². The van der Waals surface area contributed by atoms with Crippen molar-refractivity contribution in [3.8, 4) is 0 Å². The van der Waals surface area contributed by atoms with E-state index in [1.807, 2.05) is 6.07 Å². The average Bonchev–Trinajstić information content (AvgIpc) is 2.26. The van der Waals surface area contributed by atoms with Crippen LogP contribution in [0, 0.1) is 0 Å². The van der Waals surface area contributed by atoms with Crippen LogP contribution in [0.1, 0.15) is 18.1 Å². The fourth-order valence-corrected chi connectivity index (χ4v) is 1.58. The number of hydrogen-bond donors (Lipinski definition) is 1. The molecule has 0 heterocycles. The highest BCUT2D eigenvalue weighted by Crippen LogP contribution is 2.11. The van der Waals surface area contributed by atoms with E-state index < -0.39 is 0 Å². The molecule has 0 spiro atoms. The Balaban J connectivity index is 2.65. The minimum Gasteiger partial charge on any atom is -0.394 e. The van der Waals surface area contributed by atoms with Gasteiger partial charge in [-0.3, -0.25) is 0 Å². The van der Waals surface area contributed by atoms with Crippen LogP contribution in [0.2, 0.25) is 0 Å². The molecule has 0 saturated heterocycles. The first-order valence-electron chi connectivity index (χ1n) is 4.84. The summed E-state index contributed by atoms with van der Waals surface area (Å²) in [7, 11) is 2.20. The van der Waals surface area contributed by atoms with Crippen molar-refractivity contribution < 1.29 is 9.63 Å². The summed E-state index contributed by atoms with van der Waals surface area (Å²) in [5, 5.41) is 8.98. The van der Waals surface area contributed by atoms with Crippen LogP contribution in [0.3, 0.4) is 0 Å². The van der Waals surface area contributed by atoms with Crippen molar-refractivity contribution in [2.75, 3.05) is 6.61 Å². The van der Waals surface area contributed by atoms with Gasteiger partial charge >= 0.3 is 0 Å². The van der Waals surface area contributed by atoms with Crippen molar-refractivity contribution in [3.63, 3.8) is 0 Å². The number of aryl methyl sites for hydroxylation is 1. The summed E-state index contributed by atoms with van der Waals surface area (Å²) < 4.78 is 5.04. The molecule has 0 aliphatic heterocycles. The van der Waals surface area contributed by atoms with E-state index in [1.165, 1.54) is 11.1 Å². The Morgan fingerprint density at radius 3 is 2.71 bits per heavy atom. The Bertz CT molecular complexity index is 272. The van der Waals surface area contributed by atoms with Gasteiger partial charge in [0.25, 0.3) is 0 Å². The van der Waals surface area contributed by atoms with Crippen molar-refractivity contribution in [1.29, 1.82) is 0 Å². The third-order valence-electron chi connectivity index (χ3n) is 2.26. The highest BCUT2D eigenvalue weighted by atomic mass is 31.0. The SMILES string of the molecule is CCc1cccc(C[C@@H](CO)OP)c1. The van der Waals surface area contributed by atoms with Crippen molar-refractivity contribution in [2.24, 2.45) is 0 Å². The summed E-state index contributed by atoms with van der Waals surface area (Å²) in [4.78, 5) is 0. The van der Waals surface area contributed by atoms with Gasteiger partial charge in [-0.25, -0.2) is 0 Å².